The molecule has 1 heterocycles. The fourth-order valence-electron chi connectivity index (χ4n) is 3.42. The van der Waals surface area contributed by atoms with Gasteiger partial charge in [-0.3, -0.25) is 4.79 Å². The number of rotatable bonds is 7. The molecule has 164 valence electrons. The second kappa shape index (κ2) is 9.94. The molecule has 1 N–H and O–H groups in total. The molecular weight excluding hydrogens is 421 g/mol. The molecule has 0 saturated heterocycles. The molecule has 0 aliphatic heterocycles. The highest BCUT2D eigenvalue weighted by Crippen LogP contribution is 2.27. The minimum Gasteiger partial charge on any atom is -0.385 e. The highest BCUT2D eigenvalue weighted by Gasteiger charge is 2.21. The second-order valence-corrected chi connectivity index (χ2v) is 7.73. The molecule has 0 radical (unpaired) electrons. The van der Waals surface area contributed by atoms with Crippen LogP contribution in [0.2, 0.25) is 5.02 Å². The first kappa shape index (κ1) is 22.8. The van der Waals surface area contributed by atoms with E-state index in [9.17, 15) is 14.0 Å². The van der Waals surface area contributed by atoms with E-state index >= 15 is 0 Å². The van der Waals surface area contributed by atoms with Crippen molar-refractivity contribution in [3.8, 4) is 0 Å². The lowest BCUT2D eigenvalue weighted by Crippen LogP contribution is -2.34. The van der Waals surface area contributed by atoms with E-state index in [2.05, 4.69) is 5.32 Å². The Labute approximate surface area is 185 Å². The number of halogens is 2. The summed E-state index contributed by atoms with van der Waals surface area (Å²) in [4.78, 5) is 27.2. The number of hydrogen-bond donors (Lipinski definition) is 1. The lowest BCUT2D eigenvalue weighted by Gasteiger charge is -2.27. The monoisotopic (exact) mass is 445 g/mol. The van der Waals surface area contributed by atoms with Crippen molar-refractivity contribution in [2.75, 3.05) is 26.1 Å². The number of fused-ring (bicyclic) bond motifs is 1. The Hall–Kier alpha value is -2.90. The van der Waals surface area contributed by atoms with Gasteiger partial charge >= 0.3 is 6.03 Å². The van der Waals surface area contributed by atoms with Crippen molar-refractivity contribution in [3.05, 3.63) is 75.4 Å². The number of aromatic nitrogens is 1. The summed E-state index contributed by atoms with van der Waals surface area (Å²) >= 11 is 5.80. The molecule has 0 aliphatic rings. The van der Waals surface area contributed by atoms with Gasteiger partial charge in [-0.15, -0.1) is 0 Å². The molecule has 2 aromatic carbocycles. The number of anilines is 1. The lowest BCUT2D eigenvalue weighted by atomic mass is 10.0. The van der Waals surface area contributed by atoms with Crippen LogP contribution in [0, 0.1) is 5.82 Å². The van der Waals surface area contributed by atoms with Gasteiger partial charge in [0.1, 0.15) is 5.82 Å². The van der Waals surface area contributed by atoms with Crippen LogP contribution in [0.4, 0.5) is 14.9 Å². The van der Waals surface area contributed by atoms with Gasteiger partial charge in [0.25, 0.3) is 5.56 Å². The molecule has 1 aromatic heterocycles. The van der Waals surface area contributed by atoms with Gasteiger partial charge in [-0.25, -0.2) is 9.18 Å². The van der Waals surface area contributed by atoms with E-state index in [1.807, 2.05) is 31.3 Å². The maximum Gasteiger partial charge on any atom is 0.322 e. The molecule has 8 heteroatoms. The molecule has 3 rings (SSSR count). The highest BCUT2D eigenvalue weighted by molar-refractivity contribution is 6.31. The van der Waals surface area contributed by atoms with E-state index < -0.39 is 5.82 Å². The smallest absolute Gasteiger partial charge is 0.322 e. The third-order valence-corrected chi connectivity index (χ3v) is 5.58. The van der Waals surface area contributed by atoms with E-state index in [1.165, 1.54) is 23.1 Å². The maximum atomic E-state index is 13.4. The third kappa shape index (κ3) is 5.06. The van der Waals surface area contributed by atoms with Crippen LogP contribution in [0.25, 0.3) is 10.8 Å². The fourth-order valence-corrected chi connectivity index (χ4v) is 3.60. The zero-order valence-corrected chi connectivity index (χ0v) is 18.4. The second-order valence-electron chi connectivity index (χ2n) is 7.32. The predicted molar refractivity (Wildman–Crippen MR) is 121 cm³/mol. The number of methoxy groups -OCH3 is 1. The number of urea groups is 1. The Morgan fingerprint density at radius 3 is 2.65 bits per heavy atom. The number of carbonyl (C=O) groups is 1. The number of benzene rings is 2. The molecule has 0 spiro atoms. The van der Waals surface area contributed by atoms with E-state index in [0.717, 1.165) is 10.9 Å². The summed E-state index contributed by atoms with van der Waals surface area (Å²) in [6.45, 7) is 2.96. The summed E-state index contributed by atoms with van der Waals surface area (Å²) in [5.41, 5.74) is 1.17. The van der Waals surface area contributed by atoms with Crippen molar-refractivity contribution < 1.29 is 13.9 Å². The van der Waals surface area contributed by atoms with E-state index in [-0.39, 0.29) is 22.7 Å². The van der Waals surface area contributed by atoms with Gasteiger partial charge in [-0.05, 0) is 48.6 Å². The van der Waals surface area contributed by atoms with Crippen LogP contribution in [0.15, 0.2) is 53.5 Å². The lowest BCUT2D eigenvalue weighted by molar-refractivity contribution is 0.190. The summed E-state index contributed by atoms with van der Waals surface area (Å²) in [5.74, 6) is -0.552. The van der Waals surface area contributed by atoms with Gasteiger partial charge in [-0.2, -0.15) is 0 Å². The number of hydrogen-bond acceptors (Lipinski definition) is 3. The first-order valence-corrected chi connectivity index (χ1v) is 10.3. The average Bonchev–Trinajstić information content (AvgIpc) is 2.77. The topological polar surface area (TPSA) is 63.6 Å². The summed E-state index contributed by atoms with van der Waals surface area (Å²) in [6.07, 6.45) is 2.51. The first-order valence-electron chi connectivity index (χ1n) is 9.93. The van der Waals surface area contributed by atoms with Crippen LogP contribution in [-0.4, -0.2) is 36.3 Å². The van der Waals surface area contributed by atoms with Crippen LogP contribution >= 0.6 is 11.6 Å². The maximum absolute atomic E-state index is 13.4. The SMILES string of the molecule is COCCCn1cc([C@H](C)N(C)C(=O)Nc2ccc(F)c(Cl)c2)c2ccccc2c1=O. The zero-order chi connectivity index (χ0) is 22.5. The molecule has 0 unspecified atom stereocenters. The van der Waals surface area contributed by atoms with Crippen LogP contribution < -0.4 is 10.9 Å². The number of amides is 2. The summed E-state index contributed by atoms with van der Waals surface area (Å²) in [7, 11) is 3.29. The molecule has 3 aromatic rings. The molecule has 31 heavy (non-hydrogen) atoms. The Morgan fingerprint density at radius 2 is 1.97 bits per heavy atom. The van der Waals surface area contributed by atoms with E-state index in [0.29, 0.717) is 30.6 Å². The van der Waals surface area contributed by atoms with Gasteiger partial charge in [0, 0.05) is 44.6 Å². The first-order chi connectivity index (χ1) is 14.8. The molecule has 0 aliphatic carbocycles. The molecule has 0 saturated carbocycles. The van der Waals surface area contributed by atoms with Crippen molar-refractivity contribution in [2.24, 2.45) is 0 Å². The van der Waals surface area contributed by atoms with Gasteiger partial charge in [0.05, 0.1) is 11.1 Å². The van der Waals surface area contributed by atoms with E-state index in [1.54, 1.807) is 24.8 Å². The Kier molecular flexibility index (Phi) is 7.30. The quantitative estimate of drug-likeness (QED) is 0.517. The Morgan fingerprint density at radius 1 is 1.26 bits per heavy atom. The minimum absolute atomic E-state index is 0.0670. The van der Waals surface area contributed by atoms with Crippen LogP contribution in [-0.2, 0) is 11.3 Å². The molecule has 0 bridgehead atoms. The van der Waals surface area contributed by atoms with E-state index in [4.69, 9.17) is 16.3 Å². The number of pyridine rings is 1. The van der Waals surface area contributed by atoms with Crippen LogP contribution in [0.1, 0.15) is 24.9 Å². The molecular formula is C23H25ClFN3O3. The van der Waals surface area contributed by atoms with Crippen molar-refractivity contribution in [2.45, 2.75) is 25.9 Å². The Bertz CT molecular complexity index is 1150. The molecule has 1 atom stereocenters. The molecule has 6 nitrogen and oxygen atoms in total. The number of nitrogens with one attached hydrogen (secondary N) is 1. The number of carbonyl (C=O) groups excluding carboxylic acids is 1. The van der Waals surface area contributed by atoms with Gasteiger partial charge in [0.15, 0.2) is 0 Å². The highest BCUT2D eigenvalue weighted by atomic mass is 35.5. The summed E-state index contributed by atoms with van der Waals surface area (Å²) in [6, 6.07) is 10.7. The van der Waals surface area contributed by atoms with Crippen LogP contribution in [0.5, 0.6) is 0 Å². The normalized spacial score (nSPS) is 12.0. The molecule has 0 fully saturated rings. The average molecular weight is 446 g/mol. The zero-order valence-electron chi connectivity index (χ0n) is 17.7. The summed E-state index contributed by atoms with van der Waals surface area (Å²) < 4.78 is 20.2. The van der Waals surface area contributed by atoms with Crippen molar-refractivity contribution >= 4 is 34.1 Å². The van der Waals surface area contributed by atoms with Crippen molar-refractivity contribution in [3.63, 3.8) is 0 Å². The number of ether oxygens (including phenoxy) is 1. The largest absolute Gasteiger partial charge is 0.385 e. The van der Waals surface area contributed by atoms with Gasteiger partial charge in [0.2, 0.25) is 0 Å². The van der Waals surface area contributed by atoms with Crippen molar-refractivity contribution in [1.82, 2.24) is 9.47 Å². The van der Waals surface area contributed by atoms with Crippen LogP contribution in [0.3, 0.4) is 0 Å². The molecule has 2 amide bonds. The number of aryl methyl sites for hydroxylation is 1. The predicted octanol–water partition coefficient (Wildman–Crippen LogP) is 5.06. The number of nitrogens with zero attached hydrogens (tertiary/aromatic N) is 2. The minimum atomic E-state index is -0.552. The van der Waals surface area contributed by atoms with Gasteiger partial charge in [-0.1, -0.05) is 29.8 Å². The summed E-state index contributed by atoms with van der Waals surface area (Å²) in [5, 5.41) is 4.06. The third-order valence-electron chi connectivity index (χ3n) is 5.29. The van der Waals surface area contributed by atoms with Crippen molar-refractivity contribution in [1.29, 1.82) is 0 Å². The standard InChI is InChI=1S/C23H25ClFN3O3/c1-15(27(2)23(30)26-16-9-10-21(25)20(24)13-16)19-14-28(11-6-12-31-3)22(29)18-8-5-4-7-17(18)19/h4-5,7-10,13-15H,6,11-12H2,1-3H3,(H,26,30)/t15-/m0/s1. The van der Waals surface area contributed by atoms with Gasteiger partial charge < -0.3 is 19.5 Å². The fraction of sp³-hybridized carbons (Fsp3) is 0.304. The Balaban J connectivity index is 1.91.